The highest BCUT2D eigenvalue weighted by molar-refractivity contribution is 5.73. The standard InChI is InChI=1S/C10H13N7O4/c18-9(19)5-17-4-7(14-16-17)3-12-10(20)11-2-1-8-13-6-21-15-8/h4,6H,1-3,5H2,(H,18,19)(H2,11,12,20). The van der Waals surface area contributed by atoms with Gasteiger partial charge in [0.05, 0.1) is 12.7 Å². The Morgan fingerprint density at radius 2 is 2.24 bits per heavy atom. The Hall–Kier alpha value is -2.98. The van der Waals surface area contributed by atoms with Crippen molar-refractivity contribution in [3.63, 3.8) is 0 Å². The first-order chi connectivity index (χ1) is 10.1. The van der Waals surface area contributed by atoms with Crippen LogP contribution in [0, 0.1) is 0 Å². The second kappa shape index (κ2) is 6.98. The van der Waals surface area contributed by atoms with Crippen molar-refractivity contribution in [2.75, 3.05) is 6.54 Å². The van der Waals surface area contributed by atoms with Crippen molar-refractivity contribution in [2.24, 2.45) is 0 Å². The highest BCUT2D eigenvalue weighted by Gasteiger charge is 2.06. The zero-order chi connectivity index (χ0) is 15.1. The largest absolute Gasteiger partial charge is 0.480 e. The van der Waals surface area contributed by atoms with Crippen molar-refractivity contribution in [1.82, 2.24) is 35.8 Å². The zero-order valence-electron chi connectivity index (χ0n) is 10.9. The second-order valence-corrected chi connectivity index (χ2v) is 4.01. The molecule has 11 heteroatoms. The summed E-state index contributed by atoms with van der Waals surface area (Å²) in [5, 5.41) is 24.7. The van der Waals surface area contributed by atoms with E-state index in [4.69, 9.17) is 5.11 Å². The third-order valence-electron chi connectivity index (χ3n) is 2.35. The van der Waals surface area contributed by atoms with Crippen LogP contribution in [-0.4, -0.2) is 48.8 Å². The van der Waals surface area contributed by atoms with Gasteiger partial charge in [0.15, 0.2) is 5.82 Å². The summed E-state index contributed by atoms with van der Waals surface area (Å²) in [4.78, 5) is 25.8. The van der Waals surface area contributed by atoms with Gasteiger partial charge >= 0.3 is 12.0 Å². The van der Waals surface area contributed by atoms with E-state index in [1.165, 1.54) is 17.3 Å². The van der Waals surface area contributed by atoms with Crippen molar-refractivity contribution in [3.8, 4) is 0 Å². The van der Waals surface area contributed by atoms with E-state index in [0.29, 0.717) is 24.5 Å². The average molecular weight is 295 g/mol. The first kappa shape index (κ1) is 14.4. The number of nitrogens with zero attached hydrogens (tertiary/aromatic N) is 5. The van der Waals surface area contributed by atoms with Crippen LogP contribution in [0.1, 0.15) is 11.5 Å². The van der Waals surface area contributed by atoms with Gasteiger partial charge in [-0.1, -0.05) is 10.4 Å². The van der Waals surface area contributed by atoms with E-state index in [9.17, 15) is 9.59 Å². The second-order valence-electron chi connectivity index (χ2n) is 4.01. The van der Waals surface area contributed by atoms with Gasteiger partial charge in [-0.25, -0.2) is 9.48 Å². The Balaban J connectivity index is 1.66. The van der Waals surface area contributed by atoms with Gasteiger partial charge in [0.25, 0.3) is 0 Å². The molecule has 2 aromatic rings. The minimum absolute atomic E-state index is 0.146. The number of hydrogen-bond acceptors (Lipinski definition) is 7. The maximum atomic E-state index is 11.5. The molecule has 11 nitrogen and oxygen atoms in total. The molecule has 0 aliphatic heterocycles. The lowest BCUT2D eigenvalue weighted by molar-refractivity contribution is -0.137. The number of carboxylic acid groups (broad SMARTS) is 1. The summed E-state index contributed by atoms with van der Waals surface area (Å²) in [6.07, 6.45) is 3.13. The predicted octanol–water partition coefficient (Wildman–Crippen LogP) is -1.21. The van der Waals surface area contributed by atoms with Gasteiger partial charge in [-0.3, -0.25) is 4.79 Å². The molecule has 2 rings (SSSR count). The fraction of sp³-hybridized carbons (Fsp3) is 0.400. The molecule has 2 heterocycles. The molecule has 0 bridgehead atoms. The SMILES string of the molecule is O=C(O)Cn1cc(CNC(=O)NCCc2ncon2)nn1. The Bertz CT molecular complexity index is 594. The van der Waals surface area contributed by atoms with Crippen molar-refractivity contribution in [3.05, 3.63) is 24.1 Å². The van der Waals surface area contributed by atoms with Crippen LogP contribution < -0.4 is 10.6 Å². The molecule has 0 saturated heterocycles. The van der Waals surface area contributed by atoms with Gasteiger partial charge in [0.2, 0.25) is 6.39 Å². The number of nitrogens with one attached hydrogen (secondary N) is 2. The van der Waals surface area contributed by atoms with Crippen LogP contribution in [0.15, 0.2) is 17.1 Å². The van der Waals surface area contributed by atoms with Crippen LogP contribution in [0.25, 0.3) is 0 Å². The summed E-state index contributed by atoms with van der Waals surface area (Å²) in [6.45, 7) is 0.231. The number of aliphatic carboxylic acids is 1. The molecule has 0 unspecified atom stereocenters. The van der Waals surface area contributed by atoms with Gasteiger partial charge in [-0.15, -0.1) is 5.10 Å². The smallest absolute Gasteiger partial charge is 0.325 e. The van der Waals surface area contributed by atoms with Crippen molar-refractivity contribution >= 4 is 12.0 Å². The summed E-state index contributed by atoms with van der Waals surface area (Å²) in [6, 6.07) is -0.383. The van der Waals surface area contributed by atoms with E-state index >= 15 is 0 Å². The van der Waals surface area contributed by atoms with Crippen LogP contribution in [-0.2, 0) is 24.3 Å². The molecule has 2 aromatic heterocycles. The van der Waals surface area contributed by atoms with Gasteiger partial charge in [0.1, 0.15) is 12.2 Å². The minimum Gasteiger partial charge on any atom is -0.480 e. The predicted molar refractivity (Wildman–Crippen MR) is 65.9 cm³/mol. The molecule has 3 N–H and O–H groups in total. The van der Waals surface area contributed by atoms with Crippen LogP contribution in [0.5, 0.6) is 0 Å². The molecule has 0 aliphatic carbocycles. The van der Waals surface area contributed by atoms with E-state index in [2.05, 4.69) is 35.6 Å². The number of aromatic nitrogens is 5. The fourth-order valence-corrected chi connectivity index (χ4v) is 1.46. The van der Waals surface area contributed by atoms with Crippen LogP contribution in [0.3, 0.4) is 0 Å². The summed E-state index contributed by atoms with van der Waals surface area (Å²) in [5.41, 5.74) is 0.463. The Morgan fingerprint density at radius 1 is 1.38 bits per heavy atom. The highest BCUT2D eigenvalue weighted by Crippen LogP contribution is 1.93. The third-order valence-corrected chi connectivity index (χ3v) is 2.35. The topological polar surface area (TPSA) is 148 Å². The molecule has 0 spiro atoms. The summed E-state index contributed by atoms with van der Waals surface area (Å²) in [5.74, 6) is -0.509. The molecule has 21 heavy (non-hydrogen) atoms. The lowest BCUT2D eigenvalue weighted by Crippen LogP contribution is -2.36. The molecule has 0 aliphatic rings. The number of carbonyl (C=O) groups excluding carboxylic acids is 1. The molecule has 0 saturated carbocycles. The quantitative estimate of drug-likeness (QED) is 0.576. The van der Waals surface area contributed by atoms with Crippen molar-refractivity contribution in [2.45, 2.75) is 19.5 Å². The molecule has 2 amide bonds. The van der Waals surface area contributed by atoms with Crippen LogP contribution in [0.4, 0.5) is 4.79 Å². The van der Waals surface area contributed by atoms with Crippen LogP contribution >= 0.6 is 0 Å². The lowest BCUT2D eigenvalue weighted by atomic mass is 10.4. The van der Waals surface area contributed by atoms with E-state index in [1.54, 1.807) is 0 Å². The summed E-state index contributed by atoms with van der Waals surface area (Å²) in [7, 11) is 0. The van der Waals surface area contributed by atoms with Gasteiger partial charge < -0.3 is 20.3 Å². The van der Waals surface area contributed by atoms with Gasteiger partial charge in [-0.05, 0) is 0 Å². The van der Waals surface area contributed by atoms with Crippen molar-refractivity contribution < 1.29 is 19.2 Å². The molecule has 0 fully saturated rings. The molecular formula is C10H13N7O4. The Kier molecular flexibility index (Phi) is 4.79. The first-order valence-electron chi connectivity index (χ1n) is 6.01. The number of rotatable bonds is 7. The van der Waals surface area contributed by atoms with E-state index < -0.39 is 5.97 Å². The number of carbonyl (C=O) groups is 2. The number of carboxylic acids is 1. The van der Waals surface area contributed by atoms with Gasteiger partial charge in [-0.2, -0.15) is 4.98 Å². The molecule has 0 atom stereocenters. The molecule has 112 valence electrons. The zero-order valence-corrected chi connectivity index (χ0v) is 10.9. The van der Waals surface area contributed by atoms with Crippen LogP contribution in [0.2, 0.25) is 0 Å². The number of hydrogen-bond donors (Lipinski definition) is 3. The summed E-state index contributed by atoms with van der Waals surface area (Å²) >= 11 is 0. The number of urea groups is 1. The number of amides is 2. The maximum absolute atomic E-state index is 11.5. The monoisotopic (exact) mass is 295 g/mol. The van der Waals surface area contributed by atoms with E-state index in [1.807, 2.05) is 0 Å². The fourth-order valence-electron chi connectivity index (χ4n) is 1.46. The maximum Gasteiger partial charge on any atom is 0.325 e. The normalized spacial score (nSPS) is 10.3. The first-order valence-corrected chi connectivity index (χ1v) is 6.01. The minimum atomic E-state index is -1.02. The van der Waals surface area contributed by atoms with E-state index in [0.717, 1.165) is 0 Å². The van der Waals surface area contributed by atoms with Crippen molar-refractivity contribution in [1.29, 1.82) is 0 Å². The molecular weight excluding hydrogens is 282 g/mol. The molecule has 0 radical (unpaired) electrons. The Labute approximate surface area is 118 Å². The summed E-state index contributed by atoms with van der Waals surface area (Å²) < 4.78 is 5.73. The average Bonchev–Trinajstić information content (AvgIpc) is 3.07. The molecule has 0 aromatic carbocycles. The highest BCUT2D eigenvalue weighted by atomic mass is 16.5. The lowest BCUT2D eigenvalue weighted by Gasteiger charge is -2.04. The van der Waals surface area contributed by atoms with E-state index in [-0.39, 0.29) is 19.1 Å². The third kappa shape index (κ3) is 4.89. The van der Waals surface area contributed by atoms with Gasteiger partial charge in [0, 0.05) is 13.0 Å². The Morgan fingerprint density at radius 3 is 2.95 bits per heavy atom.